The van der Waals surface area contributed by atoms with E-state index in [9.17, 15) is 0 Å². The Morgan fingerprint density at radius 3 is 2.93 bits per heavy atom. The van der Waals surface area contributed by atoms with Gasteiger partial charge in [-0.2, -0.15) is 4.37 Å². The fraction of sp³-hybridized carbons (Fsp3) is 0.800. The van der Waals surface area contributed by atoms with Gasteiger partial charge in [-0.25, -0.2) is 4.98 Å². The predicted molar refractivity (Wildman–Crippen MR) is 63.4 cm³/mol. The van der Waals surface area contributed by atoms with Gasteiger partial charge in [0, 0.05) is 30.5 Å². The smallest absolute Gasteiger partial charge is 0.205 e. The number of hydrogen-bond donors (Lipinski definition) is 1. The van der Waals surface area contributed by atoms with Crippen LogP contribution < -0.4 is 10.6 Å². The van der Waals surface area contributed by atoms with E-state index in [1.165, 1.54) is 24.4 Å². The molecule has 0 aromatic carbocycles. The molecular weight excluding hydrogens is 208 g/mol. The molecule has 1 aliphatic carbocycles. The van der Waals surface area contributed by atoms with E-state index in [1.807, 2.05) is 0 Å². The zero-order valence-corrected chi connectivity index (χ0v) is 10.1. The van der Waals surface area contributed by atoms with E-state index in [-0.39, 0.29) is 0 Å². The summed E-state index contributed by atoms with van der Waals surface area (Å²) >= 11 is 1.50. The maximum Gasteiger partial charge on any atom is 0.205 e. The fourth-order valence-corrected chi connectivity index (χ4v) is 2.31. The first-order chi connectivity index (χ1) is 7.22. The highest BCUT2D eigenvalue weighted by molar-refractivity contribution is 7.09. The van der Waals surface area contributed by atoms with Gasteiger partial charge in [0.25, 0.3) is 0 Å². The summed E-state index contributed by atoms with van der Waals surface area (Å²) in [5, 5.41) is 1.03. The van der Waals surface area contributed by atoms with Gasteiger partial charge in [0.1, 0.15) is 5.82 Å². The van der Waals surface area contributed by atoms with Crippen LogP contribution in [0.5, 0.6) is 0 Å². The molecule has 1 atom stereocenters. The molecule has 1 fully saturated rings. The van der Waals surface area contributed by atoms with E-state index in [2.05, 4.69) is 28.2 Å². The quantitative estimate of drug-likeness (QED) is 0.828. The van der Waals surface area contributed by atoms with Crippen molar-refractivity contribution in [1.29, 1.82) is 0 Å². The van der Waals surface area contributed by atoms with Gasteiger partial charge in [0.05, 0.1) is 0 Å². The van der Waals surface area contributed by atoms with Crippen LogP contribution in [0.2, 0.25) is 0 Å². The summed E-state index contributed by atoms with van der Waals surface area (Å²) in [5.74, 6) is 1.69. The van der Waals surface area contributed by atoms with Crippen LogP contribution in [0, 0.1) is 0 Å². The molecule has 0 spiro atoms. The summed E-state index contributed by atoms with van der Waals surface area (Å²) in [6.07, 6.45) is 3.52. The zero-order chi connectivity index (χ0) is 10.8. The van der Waals surface area contributed by atoms with Crippen LogP contribution in [0.4, 0.5) is 5.13 Å². The molecule has 1 aromatic heterocycles. The second-order valence-electron chi connectivity index (χ2n) is 4.25. The van der Waals surface area contributed by atoms with E-state index in [0.29, 0.717) is 12.0 Å². The van der Waals surface area contributed by atoms with Crippen molar-refractivity contribution >= 4 is 16.7 Å². The third kappa shape index (κ3) is 2.46. The predicted octanol–water partition coefficient (Wildman–Crippen LogP) is 1.59. The molecule has 0 saturated heterocycles. The van der Waals surface area contributed by atoms with E-state index in [1.54, 1.807) is 0 Å². The standard InChI is InChI=1S/C10H18N4S/c1-7(5-6-11)14(2)10-12-9(13-15-10)8-3-4-8/h7-8H,3-6,11H2,1-2H3. The second kappa shape index (κ2) is 4.45. The van der Waals surface area contributed by atoms with Gasteiger partial charge >= 0.3 is 0 Å². The number of nitrogens with two attached hydrogens (primary N) is 1. The first-order valence-corrected chi connectivity index (χ1v) is 6.26. The Bertz CT molecular complexity index is 321. The Kier molecular flexibility index (Phi) is 3.21. The van der Waals surface area contributed by atoms with Gasteiger partial charge in [0.2, 0.25) is 5.13 Å². The van der Waals surface area contributed by atoms with Crippen molar-refractivity contribution < 1.29 is 0 Å². The van der Waals surface area contributed by atoms with Crippen LogP contribution in [0.25, 0.3) is 0 Å². The maximum atomic E-state index is 5.55. The molecule has 1 aromatic rings. The molecule has 0 radical (unpaired) electrons. The Hall–Kier alpha value is -0.680. The van der Waals surface area contributed by atoms with Gasteiger partial charge in [-0.1, -0.05) is 0 Å². The molecule has 2 N–H and O–H groups in total. The molecule has 1 heterocycles. The number of hydrogen-bond acceptors (Lipinski definition) is 5. The van der Waals surface area contributed by atoms with E-state index in [0.717, 1.165) is 23.9 Å². The van der Waals surface area contributed by atoms with Gasteiger partial charge < -0.3 is 10.6 Å². The van der Waals surface area contributed by atoms with Gasteiger partial charge in [-0.3, -0.25) is 0 Å². The SMILES string of the molecule is CC(CCN)N(C)c1nc(C2CC2)ns1. The first-order valence-electron chi connectivity index (χ1n) is 5.49. The Balaban J connectivity index is 2.00. The second-order valence-corrected chi connectivity index (χ2v) is 4.98. The van der Waals surface area contributed by atoms with Gasteiger partial charge in [-0.05, 0) is 32.7 Å². The molecular formula is C10H18N4S. The molecule has 1 aliphatic rings. The third-order valence-electron chi connectivity index (χ3n) is 2.92. The van der Waals surface area contributed by atoms with Crippen LogP contribution in [0.1, 0.15) is 37.9 Å². The van der Waals surface area contributed by atoms with E-state index in [4.69, 9.17) is 5.73 Å². The summed E-state index contributed by atoms with van der Waals surface area (Å²) < 4.78 is 4.40. The molecule has 0 amide bonds. The molecule has 1 unspecified atom stereocenters. The van der Waals surface area contributed by atoms with Crippen LogP contribution in [0.15, 0.2) is 0 Å². The van der Waals surface area contributed by atoms with Crippen LogP contribution >= 0.6 is 11.5 Å². The topological polar surface area (TPSA) is 55.0 Å². The Morgan fingerprint density at radius 2 is 2.33 bits per heavy atom. The van der Waals surface area contributed by atoms with Crippen molar-refractivity contribution in [3.05, 3.63) is 5.82 Å². The van der Waals surface area contributed by atoms with Crippen molar-refractivity contribution in [2.45, 2.75) is 38.1 Å². The molecule has 84 valence electrons. The minimum absolute atomic E-state index is 0.440. The fourth-order valence-electron chi connectivity index (χ4n) is 1.50. The number of nitrogens with zero attached hydrogens (tertiary/aromatic N) is 3. The summed E-state index contributed by atoms with van der Waals surface area (Å²) in [6.45, 7) is 2.89. The number of aromatic nitrogens is 2. The van der Waals surface area contributed by atoms with Gasteiger partial charge in [0.15, 0.2) is 0 Å². The van der Waals surface area contributed by atoms with Crippen molar-refractivity contribution in [3.63, 3.8) is 0 Å². The average molecular weight is 226 g/mol. The molecule has 2 rings (SSSR count). The lowest BCUT2D eigenvalue weighted by atomic mass is 10.2. The highest BCUT2D eigenvalue weighted by atomic mass is 32.1. The summed E-state index contributed by atoms with van der Waals surface area (Å²) in [5.41, 5.74) is 5.55. The minimum atomic E-state index is 0.440. The lowest BCUT2D eigenvalue weighted by Crippen LogP contribution is -2.30. The van der Waals surface area contributed by atoms with Gasteiger partial charge in [-0.15, -0.1) is 0 Å². The maximum absolute atomic E-state index is 5.55. The van der Waals surface area contributed by atoms with Crippen molar-refractivity contribution in [2.24, 2.45) is 5.73 Å². The molecule has 15 heavy (non-hydrogen) atoms. The monoisotopic (exact) mass is 226 g/mol. The van der Waals surface area contributed by atoms with Crippen molar-refractivity contribution in [2.75, 3.05) is 18.5 Å². The highest BCUT2D eigenvalue weighted by Crippen LogP contribution is 2.39. The lowest BCUT2D eigenvalue weighted by Gasteiger charge is -2.22. The first kappa shape index (κ1) is 10.8. The van der Waals surface area contributed by atoms with Crippen molar-refractivity contribution in [3.8, 4) is 0 Å². The normalized spacial score (nSPS) is 17.8. The van der Waals surface area contributed by atoms with Crippen LogP contribution in [-0.2, 0) is 0 Å². The lowest BCUT2D eigenvalue weighted by molar-refractivity contribution is 0.633. The minimum Gasteiger partial charge on any atom is -0.347 e. The van der Waals surface area contributed by atoms with Crippen molar-refractivity contribution in [1.82, 2.24) is 9.36 Å². The molecule has 0 aliphatic heterocycles. The largest absolute Gasteiger partial charge is 0.347 e. The molecule has 4 nitrogen and oxygen atoms in total. The van der Waals surface area contributed by atoms with Crippen LogP contribution in [0.3, 0.4) is 0 Å². The number of rotatable bonds is 5. The molecule has 1 saturated carbocycles. The highest BCUT2D eigenvalue weighted by Gasteiger charge is 2.28. The Morgan fingerprint density at radius 1 is 1.60 bits per heavy atom. The van der Waals surface area contributed by atoms with E-state index < -0.39 is 0 Å². The van der Waals surface area contributed by atoms with E-state index >= 15 is 0 Å². The zero-order valence-electron chi connectivity index (χ0n) is 9.31. The third-order valence-corrected chi connectivity index (χ3v) is 3.74. The summed E-state index contributed by atoms with van der Waals surface area (Å²) in [6, 6.07) is 0.440. The van der Waals surface area contributed by atoms with Crippen LogP contribution in [-0.4, -0.2) is 29.0 Å². The summed E-state index contributed by atoms with van der Waals surface area (Å²) in [7, 11) is 2.07. The molecule has 0 bridgehead atoms. The molecule has 5 heteroatoms. The average Bonchev–Trinajstić information content (AvgIpc) is 2.96. The Labute approximate surface area is 94.7 Å². The number of anilines is 1. The summed E-state index contributed by atoms with van der Waals surface area (Å²) in [4.78, 5) is 6.75.